The molecular formula is C11H19N3O2. The molecule has 0 saturated carbocycles. The highest BCUT2D eigenvalue weighted by molar-refractivity contribution is 5.73. The molecule has 0 amide bonds. The standard InChI is InChI=1S/C11H19N3O2/c1-4-16-11(15)9(6-12)5-10-7-14(3)13-8(10)2/h7,9H,4-6,12H2,1-3H3. The number of carbonyl (C=O) groups is 1. The van der Waals surface area contributed by atoms with Crippen LogP contribution in [0.15, 0.2) is 6.20 Å². The van der Waals surface area contributed by atoms with Gasteiger partial charge in [0.15, 0.2) is 0 Å². The first-order valence-corrected chi connectivity index (χ1v) is 5.44. The molecule has 0 spiro atoms. The second-order valence-electron chi connectivity index (χ2n) is 3.80. The highest BCUT2D eigenvalue weighted by Gasteiger charge is 2.20. The van der Waals surface area contributed by atoms with Crippen LogP contribution in [0.2, 0.25) is 0 Å². The minimum absolute atomic E-state index is 0.228. The number of rotatable bonds is 5. The minimum atomic E-state index is -0.275. The van der Waals surface area contributed by atoms with Crippen LogP contribution in [0.5, 0.6) is 0 Å². The van der Waals surface area contributed by atoms with Crippen molar-refractivity contribution in [1.82, 2.24) is 9.78 Å². The molecule has 1 rings (SSSR count). The monoisotopic (exact) mass is 225 g/mol. The SMILES string of the molecule is CCOC(=O)C(CN)Cc1cn(C)nc1C. The van der Waals surface area contributed by atoms with Crippen LogP contribution >= 0.6 is 0 Å². The molecule has 0 saturated heterocycles. The second-order valence-corrected chi connectivity index (χ2v) is 3.80. The van der Waals surface area contributed by atoms with Crippen molar-refractivity contribution in [3.05, 3.63) is 17.5 Å². The Morgan fingerprint density at radius 1 is 1.69 bits per heavy atom. The summed E-state index contributed by atoms with van der Waals surface area (Å²) >= 11 is 0. The first-order chi connectivity index (χ1) is 7.58. The number of aromatic nitrogens is 2. The molecular weight excluding hydrogens is 206 g/mol. The zero-order chi connectivity index (χ0) is 12.1. The van der Waals surface area contributed by atoms with E-state index in [1.165, 1.54) is 0 Å². The van der Waals surface area contributed by atoms with E-state index in [0.717, 1.165) is 11.3 Å². The van der Waals surface area contributed by atoms with Crippen molar-refractivity contribution < 1.29 is 9.53 Å². The van der Waals surface area contributed by atoms with E-state index in [4.69, 9.17) is 10.5 Å². The maximum absolute atomic E-state index is 11.6. The number of nitrogens with two attached hydrogens (primary N) is 1. The van der Waals surface area contributed by atoms with Crippen LogP contribution in [0, 0.1) is 12.8 Å². The van der Waals surface area contributed by atoms with E-state index >= 15 is 0 Å². The summed E-state index contributed by atoms with van der Waals surface area (Å²) in [6, 6.07) is 0. The Kier molecular flexibility index (Phi) is 4.49. The molecule has 2 N–H and O–H groups in total. The summed E-state index contributed by atoms with van der Waals surface area (Å²) in [6.07, 6.45) is 2.51. The topological polar surface area (TPSA) is 70.1 Å². The molecule has 1 heterocycles. The fourth-order valence-electron chi connectivity index (χ4n) is 1.64. The van der Waals surface area contributed by atoms with Gasteiger partial charge in [-0.2, -0.15) is 5.10 Å². The first-order valence-electron chi connectivity index (χ1n) is 5.44. The van der Waals surface area contributed by atoms with Crippen molar-refractivity contribution in [2.24, 2.45) is 18.7 Å². The van der Waals surface area contributed by atoms with E-state index in [2.05, 4.69) is 5.10 Å². The Bertz CT molecular complexity index is 360. The normalized spacial score (nSPS) is 12.5. The largest absolute Gasteiger partial charge is 0.466 e. The number of carbonyl (C=O) groups excluding carboxylic acids is 1. The molecule has 1 aromatic heterocycles. The van der Waals surface area contributed by atoms with Gasteiger partial charge < -0.3 is 10.5 Å². The van der Waals surface area contributed by atoms with Gasteiger partial charge in [-0.25, -0.2) is 0 Å². The van der Waals surface area contributed by atoms with Crippen LogP contribution in [0.25, 0.3) is 0 Å². The predicted octanol–water partition coefficient (Wildman–Crippen LogP) is 0.409. The number of nitrogens with zero attached hydrogens (tertiary/aromatic N) is 2. The summed E-state index contributed by atoms with van der Waals surface area (Å²) in [4.78, 5) is 11.6. The lowest BCUT2D eigenvalue weighted by Crippen LogP contribution is -2.27. The fraction of sp³-hybridized carbons (Fsp3) is 0.636. The molecule has 5 heteroatoms. The van der Waals surface area contributed by atoms with Crippen molar-refractivity contribution >= 4 is 5.97 Å². The molecule has 0 aliphatic carbocycles. The Hall–Kier alpha value is -1.36. The number of esters is 1. The van der Waals surface area contributed by atoms with E-state index < -0.39 is 0 Å². The fourth-order valence-corrected chi connectivity index (χ4v) is 1.64. The van der Waals surface area contributed by atoms with Gasteiger partial charge in [0.2, 0.25) is 0 Å². The van der Waals surface area contributed by atoms with Crippen LogP contribution in [-0.4, -0.2) is 28.9 Å². The van der Waals surface area contributed by atoms with E-state index in [1.807, 2.05) is 20.2 Å². The van der Waals surface area contributed by atoms with Gasteiger partial charge in [-0.15, -0.1) is 0 Å². The van der Waals surface area contributed by atoms with E-state index in [0.29, 0.717) is 19.6 Å². The summed E-state index contributed by atoms with van der Waals surface area (Å²) in [6.45, 7) is 4.41. The van der Waals surface area contributed by atoms with Crippen molar-refractivity contribution in [2.45, 2.75) is 20.3 Å². The smallest absolute Gasteiger partial charge is 0.310 e. The van der Waals surface area contributed by atoms with Crippen LogP contribution in [0.3, 0.4) is 0 Å². The van der Waals surface area contributed by atoms with Gasteiger partial charge >= 0.3 is 5.97 Å². The van der Waals surface area contributed by atoms with Gasteiger partial charge in [0, 0.05) is 19.8 Å². The molecule has 0 radical (unpaired) electrons. The number of hydrogen-bond donors (Lipinski definition) is 1. The second kappa shape index (κ2) is 5.65. The molecule has 5 nitrogen and oxygen atoms in total. The van der Waals surface area contributed by atoms with Crippen LogP contribution in [0.1, 0.15) is 18.2 Å². The van der Waals surface area contributed by atoms with Crippen molar-refractivity contribution in [1.29, 1.82) is 0 Å². The van der Waals surface area contributed by atoms with Gasteiger partial charge in [0.05, 0.1) is 18.2 Å². The molecule has 16 heavy (non-hydrogen) atoms. The van der Waals surface area contributed by atoms with E-state index in [1.54, 1.807) is 11.6 Å². The third kappa shape index (κ3) is 3.06. The molecule has 1 unspecified atom stereocenters. The molecule has 0 aromatic carbocycles. The lowest BCUT2D eigenvalue weighted by molar-refractivity contribution is -0.147. The van der Waals surface area contributed by atoms with Crippen molar-refractivity contribution in [2.75, 3.05) is 13.2 Å². The Morgan fingerprint density at radius 2 is 2.38 bits per heavy atom. The average molecular weight is 225 g/mol. The maximum Gasteiger partial charge on any atom is 0.310 e. The summed E-state index contributed by atoms with van der Waals surface area (Å²) in [5.74, 6) is -0.504. The third-order valence-corrected chi connectivity index (χ3v) is 2.49. The quantitative estimate of drug-likeness (QED) is 0.737. The Morgan fingerprint density at radius 3 is 2.81 bits per heavy atom. The highest BCUT2D eigenvalue weighted by Crippen LogP contribution is 2.12. The summed E-state index contributed by atoms with van der Waals surface area (Å²) in [7, 11) is 1.86. The molecule has 1 atom stereocenters. The van der Waals surface area contributed by atoms with Gasteiger partial charge in [-0.05, 0) is 25.8 Å². The lowest BCUT2D eigenvalue weighted by Gasteiger charge is -2.12. The summed E-state index contributed by atoms with van der Waals surface area (Å²) in [5, 5.41) is 4.23. The first kappa shape index (κ1) is 12.7. The molecule has 0 aliphatic heterocycles. The van der Waals surface area contributed by atoms with Crippen molar-refractivity contribution in [3.63, 3.8) is 0 Å². The minimum Gasteiger partial charge on any atom is -0.466 e. The van der Waals surface area contributed by atoms with Gasteiger partial charge in [0.1, 0.15) is 0 Å². The van der Waals surface area contributed by atoms with E-state index in [9.17, 15) is 4.79 Å². The number of ether oxygens (including phenoxy) is 1. The van der Waals surface area contributed by atoms with Gasteiger partial charge in [-0.3, -0.25) is 9.48 Å². The van der Waals surface area contributed by atoms with Gasteiger partial charge in [0.25, 0.3) is 0 Å². The zero-order valence-corrected chi connectivity index (χ0v) is 10.1. The van der Waals surface area contributed by atoms with Crippen LogP contribution in [-0.2, 0) is 23.0 Å². The number of aryl methyl sites for hydroxylation is 2. The van der Waals surface area contributed by atoms with Crippen molar-refractivity contribution in [3.8, 4) is 0 Å². The Labute approximate surface area is 95.6 Å². The lowest BCUT2D eigenvalue weighted by atomic mass is 10.0. The summed E-state index contributed by atoms with van der Waals surface area (Å²) < 4.78 is 6.71. The van der Waals surface area contributed by atoms with E-state index in [-0.39, 0.29) is 11.9 Å². The highest BCUT2D eigenvalue weighted by atomic mass is 16.5. The zero-order valence-electron chi connectivity index (χ0n) is 10.1. The molecule has 0 bridgehead atoms. The number of hydrogen-bond acceptors (Lipinski definition) is 4. The average Bonchev–Trinajstić information content (AvgIpc) is 2.54. The Balaban J connectivity index is 2.70. The molecule has 0 aliphatic rings. The van der Waals surface area contributed by atoms with Gasteiger partial charge in [-0.1, -0.05) is 0 Å². The molecule has 90 valence electrons. The molecule has 0 fully saturated rings. The molecule has 1 aromatic rings. The van der Waals surface area contributed by atoms with Crippen LogP contribution < -0.4 is 5.73 Å². The summed E-state index contributed by atoms with van der Waals surface area (Å²) in [5.41, 5.74) is 7.56. The van der Waals surface area contributed by atoms with Crippen LogP contribution in [0.4, 0.5) is 0 Å². The predicted molar refractivity (Wildman–Crippen MR) is 60.8 cm³/mol. The maximum atomic E-state index is 11.6. The third-order valence-electron chi connectivity index (χ3n) is 2.49.